The minimum Gasteiger partial charge on any atom is -0.400 e. The Labute approximate surface area is 111 Å². The zero-order valence-corrected chi connectivity index (χ0v) is 9.95. The van der Waals surface area contributed by atoms with E-state index < -0.39 is 22.5 Å². The van der Waals surface area contributed by atoms with Crippen molar-refractivity contribution in [2.75, 3.05) is 0 Å². The number of nitrogens with one attached hydrogen (secondary N) is 1. The number of halogens is 1. The van der Waals surface area contributed by atoms with Crippen LogP contribution < -0.4 is 5.43 Å². The lowest BCUT2D eigenvalue weighted by molar-refractivity contribution is -0.402. The SMILES string of the molecule is O=C(NN=Cc1ccc([N+](=O)[O-])o1)c1cccc(F)c1. The van der Waals surface area contributed by atoms with Gasteiger partial charge in [0.2, 0.25) is 0 Å². The van der Waals surface area contributed by atoms with Gasteiger partial charge in [0, 0.05) is 5.56 Å². The summed E-state index contributed by atoms with van der Waals surface area (Å²) in [6, 6.07) is 7.58. The second-order valence-electron chi connectivity index (χ2n) is 3.64. The summed E-state index contributed by atoms with van der Waals surface area (Å²) in [5, 5.41) is 13.9. The van der Waals surface area contributed by atoms with Gasteiger partial charge in [-0.25, -0.2) is 9.82 Å². The second-order valence-corrected chi connectivity index (χ2v) is 3.64. The third kappa shape index (κ3) is 3.25. The number of carbonyl (C=O) groups is 1. The van der Waals surface area contributed by atoms with Gasteiger partial charge in [-0.3, -0.25) is 14.9 Å². The Kier molecular flexibility index (Phi) is 3.85. The first kappa shape index (κ1) is 13.4. The number of rotatable bonds is 4. The fraction of sp³-hybridized carbons (Fsp3) is 0. The summed E-state index contributed by atoms with van der Waals surface area (Å²) >= 11 is 0. The molecule has 0 saturated carbocycles. The largest absolute Gasteiger partial charge is 0.433 e. The molecule has 2 rings (SSSR count). The first-order valence-corrected chi connectivity index (χ1v) is 5.39. The number of hydrazone groups is 1. The van der Waals surface area contributed by atoms with Crippen molar-refractivity contribution >= 4 is 18.0 Å². The molecule has 0 radical (unpaired) electrons. The van der Waals surface area contributed by atoms with Crippen molar-refractivity contribution in [1.29, 1.82) is 0 Å². The molecule has 0 aliphatic carbocycles. The van der Waals surface area contributed by atoms with E-state index in [1.54, 1.807) is 0 Å². The Hall–Kier alpha value is -3.03. The first-order valence-electron chi connectivity index (χ1n) is 5.39. The molecule has 0 fully saturated rings. The van der Waals surface area contributed by atoms with E-state index in [4.69, 9.17) is 4.42 Å². The topological polar surface area (TPSA) is 97.7 Å². The van der Waals surface area contributed by atoms with Gasteiger partial charge >= 0.3 is 5.88 Å². The molecule has 0 aliphatic heterocycles. The van der Waals surface area contributed by atoms with Crippen LogP contribution in [0.5, 0.6) is 0 Å². The fourth-order valence-corrected chi connectivity index (χ4v) is 1.36. The monoisotopic (exact) mass is 277 g/mol. The van der Waals surface area contributed by atoms with Crippen molar-refractivity contribution in [2.24, 2.45) is 5.10 Å². The van der Waals surface area contributed by atoms with E-state index in [9.17, 15) is 19.3 Å². The van der Waals surface area contributed by atoms with Gasteiger partial charge in [-0.2, -0.15) is 5.10 Å². The predicted molar refractivity (Wildman–Crippen MR) is 66.8 cm³/mol. The van der Waals surface area contributed by atoms with Crippen LogP contribution in [0.1, 0.15) is 16.1 Å². The standard InChI is InChI=1S/C12H8FN3O4/c13-9-3-1-2-8(6-9)12(17)15-14-7-10-4-5-11(20-10)16(18)19/h1-7H,(H,15,17). The lowest BCUT2D eigenvalue weighted by atomic mass is 10.2. The van der Waals surface area contributed by atoms with Gasteiger partial charge in [-0.15, -0.1) is 0 Å². The summed E-state index contributed by atoms with van der Waals surface area (Å²) in [6.45, 7) is 0. The van der Waals surface area contributed by atoms with Crippen molar-refractivity contribution in [3.05, 3.63) is 63.7 Å². The van der Waals surface area contributed by atoms with Gasteiger partial charge in [0.15, 0.2) is 5.76 Å². The predicted octanol–water partition coefficient (Wildman–Crippen LogP) is 2.09. The maximum absolute atomic E-state index is 12.9. The molecule has 2 aromatic rings. The smallest absolute Gasteiger partial charge is 0.400 e. The van der Waals surface area contributed by atoms with Crippen molar-refractivity contribution in [1.82, 2.24) is 5.43 Å². The van der Waals surface area contributed by atoms with Gasteiger partial charge in [0.1, 0.15) is 10.7 Å². The Bertz CT molecular complexity index is 681. The number of nitrogens with zero attached hydrogens (tertiary/aromatic N) is 2. The van der Waals surface area contributed by atoms with E-state index in [-0.39, 0.29) is 11.3 Å². The molecular formula is C12H8FN3O4. The minimum atomic E-state index is -0.692. The lowest BCUT2D eigenvalue weighted by Gasteiger charge is -1.98. The molecule has 1 aromatic heterocycles. The maximum atomic E-state index is 12.9. The highest BCUT2D eigenvalue weighted by molar-refractivity contribution is 5.94. The van der Waals surface area contributed by atoms with Crippen LogP contribution in [0, 0.1) is 15.9 Å². The van der Waals surface area contributed by atoms with Crippen LogP contribution in [0.4, 0.5) is 10.3 Å². The van der Waals surface area contributed by atoms with Gasteiger partial charge < -0.3 is 4.42 Å². The number of nitro groups is 1. The van der Waals surface area contributed by atoms with Crippen LogP contribution in [0.15, 0.2) is 45.9 Å². The van der Waals surface area contributed by atoms with Gasteiger partial charge in [0.25, 0.3) is 5.91 Å². The average molecular weight is 277 g/mol. The molecule has 20 heavy (non-hydrogen) atoms. The Balaban J connectivity index is 1.99. The molecule has 1 heterocycles. The first-order chi connectivity index (χ1) is 9.56. The van der Waals surface area contributed by atoms with Crippen molar-refractivity contribution in [2.45, 2.75) is 0 Å². The fourth-order valence-electron chi connectivity index (χ4n) is 1.36. The highest BCUT2D eigenvalue weighted by atomic mass is 19.1. The Morgan fingerprint density at radius 2 is 2.20 bits per heavy atom. The molecule has 1 aromatic carbocycles. The summed E-state index contributed by atoms with van der Waals surface area (Å²) in [5.74, 6) is -1.47. The van der Waals surface area contributed by atoms with E-state index in [1.807, 2.05) is 0 Å². The highest BCUT2D eigenvalue weighted by Crippen LogP contribution is 2.13. The van der Waals surface area contributed by atoms with E-state index in [2.05, 4.69) is 10.5 Å². The summed E-state index contributed by atoms with van der Waals surface area (Å²) < 4.78 is 17.7. The Morgan fingerprint density at radius 3 is 2.85 bits per heavy atom. The molecule has 0 unspecified atom stereocenters. The quantitative estimate of drug-likeness (QED) is 0.525. The minimum absolute atomic E-state index is 0.104. The van der Waals surface area contributed by atoms with Gasteiger partial charge in [0.05, 0.1) is 12.3 Å². The molecule has 8 heteroatoms. The van der Waals surface area contributed by atoms with Gasteiger partial charge in [-0.1, -0.05) is 6.07 Å². The molecule has 102 valence electrons. The van der Waals surface area contributed by atoms with E-state index in [1.165, 1.54) is 24.3 Å². The number of hydrogen-bond acceptors (Lipinski definition) is 5. The number of benzene rings is 1. The average Bonchev–Trinajstić information content (AvgIpc) is 2.87. The van der Waals surface area contributed by atoms with E-state index in [0.717, 1.165) is 18.3 Å². The zero-order chi connectivity index (χ0) is 14.5. The summed E-state index contributed by atoms with van der Waals surface area (Å²) in [7, 11) is 0. The molecule has 1 amide bonds. The molecule has 0 aliphatic rings. The van der Waals surface area contributed by atoms with Crippen LogP contribution in [0.25, 0.3) is 0 Å². The summed E-state index contributed by atoms with van der Waals surface area (Å²) in [4.78, 5) is 21.3. The van der Waals surface area contributed by atoms with Crippen molar-refractivity contribution in [3.63, 3.8) is 0 Å². The molecule has 0 spiro atoms. The number of carbonyl (C=O) groups excluding carboxylic acids is 1. The third-order valence-electron chi connectivity index (χ3n) is 2.24. The van der Waals surface area contributed by atoms with Crippen molar-refractivity contribution in [3.8, 4) is 0 Å². The van der Waals surface area contributed by atoms with E-state index in [0.29, 0.717) is 0 Å². The lowest BCUT2D eigenvalue weighted by Crippen LogP contribution is -2.17. The van der Waals surface area contributed by atoms with Crippen LogP contribution >= 0.6 is 0 Å². The van der Waals surface area contributed by atoms with Crippen LogP contribution in [-0.4, -0.2) is 17.0 Å². The van der Waals surface area contributed by atoms with Crippen molar-refractivity contribution < 1.29 is 18.5 Å². The molecule has 1 N–H and O–H groups in total. The number of amides is 1. The molecular weight excluding hydrogens is 269 g/mol. The Morgan fingerprint density at radius 1 is 1.40 bits per heavy atom. The van der Waals surface area contributed by atoms with Crippen LogP contribution in [-0.2, 0) is 0 Å². The molecule has 0 bridgehead atoms. The summed E-state index contributed by atoms with van der Waals surface area (Å²) in [6.07, 6.45) is 1.10. The van der Waals surface area contributed by atoms with Crippen LogP contribution in [0.2, 0.25) is 0 Å². The zero-order valence-electron chi connectivity index (χ0n) is 9.95. The van der Waals surface area contributed by atoms with E-state index >= 15 is 0 Å². The number of hydrogen-bond donors (Lipinski definition) is 1. The normalized spacial score (nSPS) is 10.7. The van der Waals surface area contributed by atoms with Crippen LogP contribution in [0.3, 0.4) is 0 Å². The molecule has 7 nitrogen and oxygen atoms in total. The third-order valence-corrected chi connectivity index (χ3v) is 2.24. The second kappa shape index (κ2) is 5.74. The molecule has 0 saturated heterocycles. The summed E-state index contributed by atoms with van der Waals surface area (Å²) in [5.41, 5.74) is 2.25. The maximum Gasteiger partial charge on any atom is 0.433 e. The van der Waals surface area contributed by atoms with Gasteiger partial charge in [-0.05, 0) is 24.3 Å². The number of furan rings is 1. The molecule has 0 atom stereocenters. The highest BCUT2D eigenvalue weighted by Gasteiger charge is 2.10.